The van der Waals surface area contributed by atoms with Crippen molar-refractivity contribution in [2.75, 3.05) is 6.54 Å². The molecule has 24 heavy (non-hydrogen) atoms. The van der Waals surface area contributed by atoms with Crippen LogP contribution in [0.4, 0.5) is 0 Å². The van der Waals surface area contributed by atoms with E-state index < -0.39 is 0 Å². The number of carbonyl (C=O) groups is 1. The van der Waals surface area contributed by atoms with Gasteiger partial charge in [0.15, 0.2) is 4.96 Å². The van der Waals surface area contributed by atoms with Gasteiger partial charge >= 0.3 is 0 Å². The minimum atomic E-state index is -0.171. The molecule has 4 heterocycles. The number of nitrogens with one attached hydrogen (secondary N) is 1. The van der Waals surface area contributed by atoms with Crippen LogP contribution in [0.15, 0.2) is 41.7 Å². The predicted molar refractivity (Wildman–Crippen MR) is 92.2 cm³/mol. The number of thiazole rings is 2. The summed E-state index contributed by atoms with van der Waals surface area (Å²) in [4.78, 5) is 30.0. The van der Waals surface area contributed by atoms with E-state index >= 15 is 0 Å². The molecular weight excluding hydrogens is 344 g/mol. The monoisotopic (exact) mass is 356 g/mol. The summed E-state index contributed by atoms with van der Waals surface area (Å²) in [6.45, 7) is 0.508. The second-order valence-corrected chi connectivity index (χ2v) is 6.69. The normalized spacial score (nSPS) is 11.0. The van der Waals surface area contributed by atoms with E-state index in [9.17, 15) is 4.79 Å². The van der Waals surface area contributed by atoms with Crippen LogP contribution in [0.5, 0.6) is 0 Å². The molecule has 0 fully saturated rings. The molecule has 0 aliphatic rings. The van der Waals surface area contributed by atoms with E-state index in [0.717, 1.165) is 21.4 Å². The topological polar surface area (TPSA) is 85.1 Å². The summed E-state index contributed by atoms with van der Waals surface area (Å²) in [5.41, 5.74) is 2.11. The van der Waals surface area contributed by atoms with Gasteiger partial charge in [-0.25, -0.2) is 9.97 Å². The number of hydrogen-bond donors (Lipinski definition) is 1. The van der Waals surface area contributed by atoms with E-state index in [1.54, 1.807) is 24.8 Å². The molecule has 4 aromatic heterocycles. The number of imidazole rings is 1. The van der Waals surface area contributed by atoms with Gasteiger partial charge in [0.1, 0.15) is 16.4 Å². The molecular formula is C15H12N6OS2. The van der Waals surface area contributed by atoms with Crippen LogP contribution in [0.1, 0.15) is 16.2 Å². The lowest BCUT2D eigenvalue weighted by Gasteiger charge is -2.01. The third-order valence-electron chi connectivity index (χ3n) is 3.33. The number of carbonyl (C=O) groups excluding carboxylic acids is 1. The summed E-state index contributed by atoms with van der Waals surface area (Å²) in [7, 11) is 0. The molecule has 0 bridgehead atoms. The molecule has 0 spiro atoms. The molecule has 1 amide bonds. The molecule has 1 N–H and O–H groups in total. The zero-order valence-electron chi connectivity index (χ0n) is 12.4. The molecule has 0 aromatic carbocycles. The number of aromatic nitrogens is 5. The summed E-state index contributed by atoms with van der Waals surface area (Å²) >= 11 is 3.02. The smallest absolute Gasteiger partial charge is 0.271 e. The largest absolute Gasteiger partial charge is 0.350 e. The van der Waals surface area contributed by atoms with Crippen molar-refractivity contribution in [3.63, 3.8) is 0 Å². The lowest BCUT2D eigenvalue weighted by Crippen LogP contribution is -2.26. The number of amides is 1. The SMILES string of the molecule is O=C(NCCc1csc(-c2cnccn2)n1)c1cn2ccsc2n1. The molecule has 0 aliphatic heterocycles. The molecule has 4 rings (SSSR count). The Hall–Kier alpha value is -2.65. The van der Waals surface area contributed by atoms with Crippen molar-refractivity contribution >= 4 is 33.5 Å². The number of fused-ring (bicyclic) bond motifs is 1. The highest BCUT2D eigenvalue weighted by Crippen LogP contribution is 2.20. The van der Waals surface area contributed by atoms with Crippen molar-refractivity contribution < 1.29 is 4.79 Å². The third kappa shape index (κ3) is 3.03. The molecule has 0 radical (unpaired) electrons. The summed E-state index contributed by atoms with van der Waals surface area (Å²) in [5, 5.41) is 7.61. The Morgan fingerprint density at radius 1 is 1.25 bits per heavy atom. The Balaban J connectivity index is 1.35. The Kier molecular flexibility index (Phi) is 4.01. The molecule has 0 unspecified atom stereocenters. The van der Waals surface area contributed by atoms with Crippen molar-refractivity contribution in [1.82, 2.24) is 29.7 Å². The lowest BCUT2D eigenvalue weighted by atomic mass is 10.3. The van der Waals surface area contributed by atoms with Crippen molar-refractivity contribution in [3.8, 4) is 10.7 Å². The van der Waals surface area contributed by atoms with E-state index in [4.69, 9.17) is 0 Å². The molecule has 0 aliphatic carbocycles. The molecule has 0 saturated heterocycles. The molecule has 0 saturated carbocycles. The van der Waals surface area contributed by atoms with Crippen LogP contribution in [-0.2, 0) is 6.42 Å². The first-order valence-corrected chi connectivity index (χ1v) is 8.97. The van der Waals surface area contributed by atoms with Gasteiger partial charge in [-0.05, 0) is 0 Å². The molecule has 0 atom stereocenters. The zero-order chi connectivity index (χ0) is 16.4. The maximum Gasteiger partial charge on any atom is 0.271 e. The minimum absolute atomic E-state index is 0.171. The number of hydrogen-bond acceptors (Lipinski definition) is 7. The highest BCUT2D eigenvalue weighted by atomic mass is 32.1. The maximum atomic E-state index is 12.1. The van der Waals surface area contributed by atoms with Crippen molar-refractivity contribution in [1.29, 1.82) is 0 Å². The first-order valence-electron chi connectivity index (χ1n) is 7.21. The average molecular weight is 356 g/mol. The first kappa shape index (κ1) is 14.9. The molecule has 7 nitrogen and oxygen atoms in total. The molecule has 120 valence electrons. The zero-order valence-corrected chi connectivity index (χ0v) is 14.0. The van der Waals surface area contributed by atoms with E-state index in [1.165, 1.54) is 22.7 Å². The van der Waals surface area contributed by atoms with E-state index in [1.807, 2.05) is 21.4 Å². The van der Waals surface area contributed by atoms with Crippen molar-refractivity contribution in [2.45, 2.75) is 6.42 Å². The highest BCUT2D eigenvalue weighted by Gasteiger charge is 2.11. The molecule has 9 heteroatoms. The van der Waals surface area contributed by atoms with Crippen molar-refractivity contribution in [2.24, 2.45) is 0 Å². The van der Waals surface area contributed by atoms with Crippen LogP contribution < -0.4 is 5.32 Å². The predicted octanol–water partition coefficient (Wildman–Crippen LogP) is 2.28. The van der Waals surface area contributed by atoms with Crippen LogP contribution in [0.2, 0.25) is 0 Å². The number of nitrogens with zero attached hydrogens (tertiary/aromatic N) is 5. The van der Waals surface area contributed by atoms with Gasteiger partial charge in [-0.1, -0.05) is 0 Å². The number of rotatable bonds is 5. The van der Waals surface area contributed by atoms with Crippen LogP contribution >= 0.6 is 22.7 Å². The Morgan fingerprint density at radius 3 is 3.04 bits per heavy atom. The Morgan fingerprint density at radius 2 is 2.21 bits per heavy atom. The van der Waals surface area contributed by atoms with Gasteiger partial charge in [0.25, 0.3) is 5.91 Å². The van der Waals surface area contributed by atoms with Gasteiger partial charge in [-0.3, -0.25) is 19.2 Å². The Bertz CT molecular complexity index is 946. The van der Waals surface area contributed by atoms with Gasteiger partial charge in [-0.2, -0.15) is 0 Å². The second kappa shape index (κ2) is 6.46. The summed E-state index contributed by atoms with van der Waals surface area (Å²) < 4.78 is 1.84. The third-order valence-corrected chi connectivity index (χ3v) is 5.01. The van der Waals surface area contributed by atoms with E-state index in [-0.39, 0.29) is 5.91 Å². The fraction of sp³-hybridized carbons (Fsp3) is 0.133. The van der Waals surface area contributed by atoms with Gasteiger partial charge in [0.05, 0.1) is 11.9 Å². The average Bonchev–Trinajstić information content (AvgIpc) is 3.31. The fourth-order valence-electron chi connectivity index (χ4n) is 2.18. The van der Waals surface area contributed by atoms with Crippen LogP contribution in [0, 0.1) is 0 Å². The summed E-state index contributed by atoms with van der Waals surface area (Å²) in [5.74, 6) is -0.171. The van der Waals surface area contributed by atoms with Gasteiger partial charge < -0.3 is 5.32 Å². The van der Waals surface area contributed by atoms with Gasteiger partial charge in [-0.15, -0.1) is 22.7 Å². The van der Waals surface area contributed by atoms with Gasteiger partial charge in [0.2, 0.25) is 0 Å². The van der Waals surface area contributed by atoms with Crippen molar-refractivity contribution in [3.05, 3.63) is 53.1 Å². The van der Waals surface area contributed by atoms with Gasteiger partial charge in [0, 0.05) is 48.5 Å². The summed E-state index contributed by atoms with van der Waals surface area (Å²) in [6, 6.07) is 0. The maximum absolute atomic E-state index is 12.1. The fourth-order valence-corrected chi connectivity index (χ4v) is 3.69. The standard InChI is InChI=1S/C15H12N6OS2/c22-13(12-8-21-5-6-23-15(21)20-12)18-2-1-10-9-24-14(19-10)11-7-16-3-4-17-11/h3-9H,1-2H2,(H,18,22). The summed E-state index contributed by atoms with van der Waals surface area (Å²) in [6.07, 6.45) is 9.24. The Labute approximate surface area is 145 Å². The van der Waals surface area contributed by atoms with Crippen LogP contribution in [-0.4, -0.2) is 36.8 Å². The van der Waals surface area contributed by atoms with Crippen LogP contribution in [0.25, 0.3) is 15.7 Å². The van der Waals surface area contributed by atoms with E-state index in [0.29, 0.717) is 18.7 Å². The highest BCUT2D eigenvalue weighted by molar-refractivity contribution is 7.15. The minimum Gasteiger partial charge on any atom is -0.350 e. The van der Waals surface area contributed by atoms with Crippen LogP contribution in [0.3, 0.4) is 0 Å². The second-order valence-electron chi connectivity index (χ2n) is 4.96. The molecule has 4 aromatic rings. The van der Waals surface area contributed by atoms with E-state index in [2.05, 4.69) is 25.3 Å². The lowest BCUT2D eigenvalue weighted by molar-refractivity contribution is 0.0949. The quantitative estimate of drug-likeness (QED) is 0.593. The first-order chi connectivity index (χ1) is 11.8.